The number of benzene rings is 1. The van der Waals surface area contributed by atoms with Crippen molar-refractivity contribution in [3.63, 3.8) is 0 Å². The van der Waals surface area contributed by atoms with Crippen molar-refractivity contribution in [3.8, 4) is 0 Å². The maximum absolute atomic E-state index is 13.2. The Morgan fingerprint density at radius 3 is 2.90 bits per heavy atom. The molecule has 0 aliphatic heterocycles. The van der Waals surface area contributed by atoms with E-state index >= 15 is 0 Å². The first-order valence-electron chi connectivity index (χ1n) is 6.52. The molecule has 0 saturated heterocycles. The SMILES string of the molecule is CCCCc1c(C(=O)O)nnn1Cc1cccc(F)c1. The van der Waals surface area contributed by atoms with Crippen molar-refractivity contribution in [3.05, 3.63) is 47.0 Å². The third-order valence-corrected chi connectivity index (χ3v) is 3.03. The zero-order valence-corrected chi connectivity index (χ0v) is 11.2. The molecule has 0 saturated carbocycles. The van der Waals surface area contributed by atoms with Crippen molar-refractivity contribution in [1.82, 2.24) is 15.0 Å². The Hall–Kier alpha value is -2.24. The van der Waals surface area contributed by atoms with Gasteiger partial charge in [0.05, 0.1) is 12.2 Å². The molecule has 2 rings (SSSR count). The number of aromatic carboxylic acids is 1. The Bertz CT molecular complexity index is 610. The molecule has 20 heavy (non-hydrogen) atoms. The Balaban J connectivity index is 2.28. The van der Waals surface area contributed by atoms with Gasteiger partial charge >= 0.3 is 5.97 Å². The van der Waals surface area contributed by atoms with E-state index in [1.54, 1.807) is 12.1 Å². The minimum atomic E-state index is -1.08. The number of halogens is 1. The normalized spacial score (nSPS) is 10.7. The molecule has 1 aromatic carbocycles. The molecule has 0 aliphatic carbocycles. The number of carboxylic acid groups (broad SMARTS) is 1. The summed E-state index contributed by atoms with van der Waals surface area (Å²) in [7, 11) is 0. The number of aromatic nitrogens is 3. The summed E-state index contributed by atoms with van der Waals surface area (Å²) in [5.74, 6) is -1.40. The van der Waals surface area contributed by atoms with Crippen molar-refractivity contribution in [2.24, 2.45) is 0 Å². The molecule has 0 fully saturated rings. The van der Waals surface area contributed by atoms with E-state index in [-0.39, 0.29) is 11.5 Å². The topological polar surface area (TPSA) is 68.0 Å². The number of hydrogen-bond acceptors (Lipinski definition) is 3. The van der Waals surface area contributed by atoms with Crippen molar-refractivity contribution < 1.29 is 14.3 Å². The molecule has 0 bridgehead atoms. The lowest BCUT2D eigenvalue weighted by Gasteiger charge is -2.07. The van der Waals surface area contributed by atoms with E-state index in [9.17, 15) is 9.18 Å². The molecular weight excluding hydrogens is 261 g/mol. The van der Waals surface area contributed by atoms with E-state index in [4.69, 9.17) is 5.11 Å². The van der Waals surface area contributed by atoms with Gasteiger partial charge in [-0.1, -0.05) is 30.7 Å². The Labute approximate surface area is 116 Å². The number of carbonyl (C=O) groups is 1. The fraction of sp³-hybridized carbons (Fsp3) is 0.357. The Morgan fingerprint density at radius 1 is 1.45 bits per heavy atom. The minimum absolute atomic E-state index is 0.0187. The van der Waals surface area contributed by atoms with Gasteiger partial charge in [-0.15, -0.1) is 5.10 Å². The van der Waals surface area contributed by atoms with Crippen LogP contribution in [0.25, 0.3) is 0 Å². The smallest absolute Gasteiger partial charge is 0.358 e. The second kappa shape index (κ2) is 6.27. The van der Waals surface area contributed by atoms with Crippen LogP contribution in [0.2, 0.25) is 0 Å². The van der Waals surface area contributed by atoms with Gasteiger partial charge < -0.3 is 5.11 Å². The van der Waals surface area contributed by atoms with Gasteiger partial charge in [-0.2, -0.15) is 0 Å². The monoisotopic (exact) mass is 277 g/mol. The van der Waals surface area contributed by atoms with Crippen LogP contribution in [0.15, 0.2) is 24.3 Å². The maximum Gasteiger partial charge on any atom is 0.358 e. The molecule has 0 unspecified atom stereocenters. The Kier molecular flexibility index (Phi) is 4.45. The summed E-state index contributed by atoms with van der Waals surface area (Å²) < 4.78 is 14.7. The molecule has 1 aromatic heterocycles. The van der Waals surface area contributed by atoms with Crippen LogP contribution < -0.4 is 0 Å². The fourth-order valence-corrected chi connectivity index (χ4v) is 2.03. The predicted molar refractivity (Wildman–Crippen MR) is 71.1 cm³/mol. The van der Waals surface area contributed by atoms with E-state index in [2.05, 4.69) is 10.3 Å². The predicted octanol–water partition coefficient (Wildman–Crippen LogP) is 2.51. The standard InChI is InChI=1S/C14H16FN3O2/c1-2-3-7-12-13(14(19)20)16-17-18(12)9-10-5-4-6-11(15)8-10/h4-6,8H,2-3,7,9H2,1H3,(H,19,20). The van der Waals surface area contributed by atoms with Crippen LogP contribution in [0, 0.1) is 5.82 Å². The van der Waals surface area contributed by atoms with Crippen molar-refractivity contribution in [1.29, 1.82) is 0 Å². The summed E-state index contributed by atoms with van der Waals surface area (Å²) in [6.07, 6.45) is 2.40. The highest BCUT2D eigenvalue weighted by molar-refractivity contribution is 5.86. The maximum atomic E-state index is 13.2. The van der Waals surface area contributed by atoms with Crippen molar-refractivity contribution in [2.45, 2.75) is 32.7 Å². The first kappa shape index (κ1) is 14.2. The molecule has 0 radical (unpaired) electrons. The van der Waals surface area contributed by atoms with Gasteiger partial charge in [0.2, 0.25) is 0 Å². The van der Waals surface area contributed by atoms with Gasteiger partial charge in [-0.05, 0) is 30.5 Å². The largest absolute Gasteiger partial charge is 0.476 e. The minimum Gasteiger partial charge on any atom is -0.476 e. The highest BCUT2D eigenvalue weighted by atomic mass is 19.1. The van der Waals surface area contributed by atoms with E-state index < -0.39 is 5.97 Å². The van der Waals surface area contributed by atoms with E-state index in [0.29, 0.717) is 18.7 Å². The number of nitrogens with zero attached hydrogens (tertiary/aromatic N) is 3. The molecule has 6 heteroatoms. The summed E-state index contributed by atoms with van der Waals surface area (Å²) in [6.45, 7) is 2.35. The molecule has 5 nitrogen and oxygen atoms in total. The lowest BCUT2D eigenvalue weighted by Crippen LogP contribution is -2.09. The number of carboxylic acids is 1. The summed E-state index contributed by atoms with van der Waals surface area (Å²) >= 11 is 0. The van der Waals surface area contributed by atoms with Gasteiger partial charge in [0.25, 0.3) is 0 Å². The molecule has 2 aromatic rings. The third-order valence-electron chi connectivity index (χ3n) is 3.03. The van der Waals surface area contributed by atoms with Gasteiger partial charge in [0, 0.05) is 0 Å². The zero-order chi connectivity index (χ0) is 14.5. The van der Waals surface area contributed by atoms with E-state index in [0.717, 1.165) is 18.4 Å². The molecular formula is C14H16FN3O2. The fourth-order valence-electron chi connectivity index (χ4n) is 2.03. The Morgan fingerprint density at radius 2 is 2.25 bits per heavy atom. The van der Waals surface area contributed by atoms with Crippen LogP contribution in [0.4, 0.5) is 4.39 Å². The van der Waals surface area contributed by atoms with Crippen LogP contribution in [-0.2, 0) is 13.0 Å². The number of unbranched alkanes of at least 4 members (excludes halogenated alkanes) is 1. The van der Waals surface area contributed by atoms with E-state index in [1.807, 2.05) is 6.92 Å². The first-order valence-corrected chi connectivity index (χ1v) is 6.52. The van der Waals surface area contributed by atoms with Crippen LogP contribution in [0.1, 0.15) is 41.5 Å². The van der Waals surface area contributed by atoms with Crippen LogP contribution >= 0.6 is 0 Å². The second-order valence-corrected chi connectivity index (χ2v) is 4.58. The molecule has 0 aliphatic rings. The van der Waals surface area contributed by atoms with Gasteiger partial charge in [0.1, 0.15) is 5.82 Å². The van der Waals surface area contributed by atoms with Crippen molar-refractivity contribution >= 4 is 5.97 Å². The summed E-state index contributed by atoms with van der Waals surface area (Å²) in [5, 5.41) is 16.7. The summed E-state index contributed by atoms with van der Waals surface area (Å²) in [6, 6.07) is 6.16. The van der Waals surface area contributed by atoms with Crippen molar-refractivity contribution in [2.75, 3.05) is 0 Å². The second-order valence-electron chi connectivity index (χ2n) is 4.58. The van der Waals surface area contributed by atoms with E-state index in [1.165, 1.54) is 16.8 Å². The highest BCUT2D eigenvalue weighted by Crippen LogP contribution is 2.13. The molecule has 1 heterocycles. The highest BCUT2D eigenvalue weighted by Gasteiger charge is 2.18. The average Bonchev–Trinajstić information content (AvgIpc) is 2.79. The van der Waals surface area contributed by atoms with Crippen LogP contribution in [-0.4, -0.2) is 26.1 Å². The number of hydrogen-bond donors (Lipinski definition) is 1. The third kappa shape index (κ3) is 3.20. The van der Waals surface area contributed by atoms with Crippen LogP contribution in [0.3, 0.4) is 0 Å². The quantitative estimate of drug-likeness (QED) is 0.881. The molecule has 106 valence electrons. The van der Waals surface area contributed by atoms with Gasteiger partial charge in [-0.3, -0.25) is 0 Å². The average molecular weight is 277 g/mol. The summed E-state index contributed by atoms with van der Waals surface area (Å²) in [4.78, 5) is 11.1. The first-order chi connectivity index (χ1) is 9.61. The lowest BCUT2D eigenvalue weighted by molar-refractivity contribution is 0.0689. The number of rotatable bonds is 6. The molecule has 0 spiro atoms. The summed E-state index contributed by atoms with van der Waals surface area (Å²) in [5.41, 5.74) is 1.29. The lowest BCUT2D eigenvalue weighted by atomic mass is 10.1. The van der Waals surface area contributed by atoms with Gasteiger partial charge in [0.15, 0.2) is 5.69 Å². The zero-order valence-electron chi connectivity index (χ0n) is 11.2. The molecule has 0 atom stereocenters. The molecule has 0 amide bonds. The van der Waals surface area contributed by atoms with Gasteiger partial charge in [-0.25, -0.2) is 13.9 Å². The van der Waals surface area contributed by atoms with Crippen LogP contribution in [0.5, 0.6) is 0 Å². The molecule has 1 N–H and O–H groups in total.